The van der Waals surface area contributed by atoms with Gasteiger partial charge in [0.1, 0.15) is 5.75 Å². The van der Waals surface area contributed by atoms with Crippen molar-refractivity contribution in [3.05, 3.63) is 22.7 Å². The monoisotopic (exact) mass is 312 g/mol. The van der Waals surface area contributed by atoms with E-state index in [1.165, 1.54) is 0 Å². The second-order valence-corrected chi connectivity index (χ2v) is 5.39. The van der Waals surface area contributed by atoms with E-state index in [1.54, 1.807) is 19.1 Å². The third-order valence-corrected chi connectivity index (χ3v) is 3.53. The van der Waals surface area contributed by atoms with Crippen LogP contribution in [-0.4, -0.2) is 30.0 Å². The van der Waals surface area contributed by atoms with E-state index >= 15 is 0 Å². The van der Waals surface area contributed by atoms with Gasteiger partial charge in [-0.05, 0) is 38.0 Å². The number of anilines is 1. The molecule has 0 spiro atoms. The maximum absolute atomic E-state index is 12.1. The molecule has 4 nitrogen and oxygen atoms in total. The van der Waals surface area contributed by atoms with Gasteiger partial charge in [-0.15, -0.1) is 0 Å². The second kappa shape index (κ2) is 5.61. The van der Waals surface area contributed by atoms with Gasteiger partial charge >= 0.3 is 0 Å². The lowest BCUT2D eigenvalue weighted by Crippen LogP contribution is -2.38. The molecule has 1 fully saturated rings. The first-order chi connectivity index (χ1) is 8.58. The minimum atomic E-state index is -0.494. The number of nitrogen functional groups attached to an aromatic ring is 1. The van der Waals surface area contributed by atoms with Crippen LogP contribution in [-0.2, 0) is 4.79 Å². The van der Waals surface area contributed by atoms with Gasteiger partial charge in [0.25, 0.3) is 5.91 Å². The summed E-state index contributed by atoms with van der Waals surface area (Å²) in [6, 6.07) is 5.38. The van der Waals surface area contributed by atoms with Crippen LogP contribution in [0.5, 0.6) is 5.75 Å². The van der Waals surface area contributed by atoms with Gasteiger partial charge in [0.2, 0.25) is 0 Å². The van der Waals surface area contributed by atoms with Crippen molar-refractivity contribution in [1.82, 2.24) is 4.90 Å². The summed E-state index contributed by atoms with van der Waals surface area (Å²) < 4.78 is 6.53. The summed E-state index contributed by atoms with van der Waals surface area (Å²) in [5.41, 5.74) is 6.38. The Kier molecular flexibility index (Phi) is 4.11. The largest absolute Gasteiger partial charge is 0.479 e. The van der Waals surface area contributed by atoms with Gasteiger partial charge in [0.15, 0.2) is 6.10 Å². The molecule has 0 radical (unpaired) electrons. The summed E-state index contributed by atoms with van der Waals surface area (Å²) in [6.07, 6.45) is 1.67. The molecule has 1 amide bonds. The fourth-order valence-corrected chi connectivity index (χ4v) is 2.44. The first-order valence-electron chi connectivity index (χ1n) is 6.08. The van der Waals surface area contributed by atoms with Crippen LogP contribution in [0.25, 0.3) is 0 Å². The second-order valence-electron chi connectivity index (χ2n) is 4.47. The highest BCUT2D eigenvalue weighted by Gasteiger charge is 2.24. The van der Waals surface area contributed by atoms with Gasteiger partial charge in [-0.1, -0.05) is 15.9 Å². The van der Waals surface area contributed by atoms with Gasteiger partial charge in [-0.25, -0.2) is 0 Å². The molecule has 1 saturated heterocycles. The molecule has 18 heavy (non-hydrogen) atoms. The molecule has 0 aromatic heterocycles. The standard InChI is InChI=1S/C13H17BrN2O2/c1-9(13(17)16-6-2-3-7-16)18-12-5-4-10(14)8-11(12)15/h4-5,8-9H,2-3,6-7,15H2,1H3. The van der Waals surface area contributed by atoms with Crippen molar-refractivity contribution >= 4 is 27.5 Å². The van der Waals surface area contributed by atoms with Crippen molar-refractivity contribution in [3.8, 4) is 5.75 Å². The third kappa shape index (κ3) is 2.96. The first kappa shape index (κ1) is 13.2. The zero-order valence-electron chi connectivity index (χ0n) is 10.4. The summed E-state index contributed by atoms with van der Waals surface area (Å²) in [5, 5.41) is 0. The summed E-state index contributed by atoms with van der Waals surface area (Å²) in [4.78, 5) is 13.9. The number of hydrogen-bond donors (Lipinski definition) is 1. The molecule has 1 aromatic rings. The Labute approximate surface area is 115 Å². The van der Waals surface area contributed by atoms with Crippen molar-refractivity contribution in [3.63, 3.8) is 0 Å². The minimum Gasteiger partial charge on any atom is -0.479 e. The Bertz CT molecular complexity index is 445. The lowest BCUT2D eigenvalue weighted by molar-refractivity contribution is -0.136. The maximum atomic E-state index is 12.1. The normalized spacial score (nSPS) is 16.7. The average Bonchev–Trinajstić information content (AvgIpc) is 2.85. The molecule has 0 aliphatic carbocycles. The Hall–Kier alpha value is -1.23. The van der Waals surface area contributed by atoms with Gasteiger partial charge in [0.05, 0.1) is 5.69 Å². The smallest absolute Gasteiger partial charge is 0.263 e. The first-order valence-corrected chi connectivity index (χ1v) is 6.87. The van der Waals surface area contributed by atoms with E-state index in [9.17, 15) is 4.79 Å². The number of hydrogen-bond acceptors (Lipinski definition) is 3. The van der Waals surface area contributed by atoms with Crippen LogP contribution < -0.4 is 10.5 Å². The topological polar surface area (TPSA) is 55.6 Å². The predicted octanol–water partition coefficient (Wildman–Crippen LogP) is 2.42. The van der Waals surface area contributed by atoms with Gasteiger partial charge < -0.3 is 15.4 Å². The van der Waals surface area contributed by atoms with Crippen molar-refractivity contribution in [2.45, 2.75) is 25.9 Å². The van der Waals surface area contributed by atoms with Crippen LogP contribution in [0.3, 0.4) is 0 Å². The molecule has 2 N–H and O–H groups in total. The molecule has 1 aliphatic rings. The Morgan fingerprint density at radius 1 is 1.44 bits per heavy atom. The van der Waals surface area contributed by atoms with Crippen molar-refractivity contribution in [1.29, 1.82) is 0 Å². The molecular weight excluding hydrogens is 296 g/mol. The number of rotatable bonds is 3. The van der Waals surface area contributed by atoms with Crippen LogP contribution in [0.1, 0.15) is 19.8 Å². The van der Waals surface area contributed by atoms with E-state index in [-0.39, 0.29) is 5.91 Å². The number of carbonyl (C=O) groups is 1. The molecule has 1 aliphatic heterocycles. The van der Waals surface area contributed by atoms with Gasteiger partial charge in [0, 0.05) is 17.6 Å². The molecule has 2 rings (SSSR count). The molecule has 0 bridgehead atoms. The summed E-state index contributed by atoms with van der Waals surface area (Å²) in [5.74, 6) is 0.591. The predicted molar refractivity (Wildman–Crippen MR) is 74.5 cm³/mol. The van der Waals surface area contributed by atoms with Crippen molar-refractivity contribution < 1.29 is 9.53 Å². The van der Waals surface area contributed by atoms with E-state index in [1.807, 2.05) is 11.0 Å². The van der Waals surface area contributed by atoms with Crippen molar-refractivity contribution in [2.75, 3.05) is 18.8 Å². The Morgan fingerprint density at radius 3 is 2.72 bits per heavy atom. The number of ether oxygens (including phenoxy) is 1. The Balaban J connectivity index is 2.01. The quantitative estimate of drug-likeness (QED) is 0.872. The number of nitrogens with zero attached hydrogens (tertiary/aromatic N) is 1. The Morgan fingerprint density at radius 2 is 2.11 bits per heavy atom. The highest BCUT2D eigenvalue weighted by Crippen LogP contribution is 2.26. The molecule has 98 valence electrons. The lowest BCUT2D eigenvalue weighted by atomic mass is 10.3. The number of likely N-dealkylation sites (tertiary alicyclic amines) is 1. The number of amides is 1. The molecule has 1 aromatic carbocycles. The molecule has 0 saturated carbocycles. The number of carbonyl (C=O) groups excluding carboxylic acids is 1. The molecule has 5 heteroatoms. The number of halogens is 1. The molecule has 1 heterocycles. The fourth-order valence-electron chi connectivity index (χ4n) is 2.06. The van der Waals surface area contributed by atoms with E-state index in [2.05, 4.69) is 15.9 Å². The van der Waals surface area contributed by atoms with Gasteiger partial charge in [-0.3, -0.25) is 4.79 Å². The van der Waals surface area contributed by atoms with Crippen molar-refractivity contribution in [2.24, 2.45) is 0 Å². The van der Waals surface area contributed by atoms with Crippen LogP contribution >= 0.6 is 15.9 Å². The minimum absolute atomic E-state index is 0.0369. The van der Waals surface area contributed by atoms with Crippen LogP contribution in [0, 0.1) is 0 Å². The van der Waals surface area contributed by atoms with Gasteiger partial charge in [-0.2, -0.15) is 0 Å². The summed E-state index contributed by atoms with van der Waals surface area (Å²) in [6.45, 7) is 3.44. The van der Waals surface area contributed by atoms with Crippen LogP contribution in [0.2, 0.25) is 0 Å². The summed E-state index contributed by atoms with van der Waals surface area (Å²) >= 11 is 3.33. The molecular formula is C13H17BrN2O2. The maximum Gasteiger partial charge on any atom is 0.263 e. The van der Waals surface area contributed by atoms with E-state index in [0.29, 0.717) is 11.4 Å². The summed E-state index contributed by atoms with van der Waals surface area (Å²) in [7, 11) is 0. The highest BCUT2D eigenvalue weighted by atomic mass is 79.9. The average molecular weight is 313 g/mol. The van der Waals surface area contributed by atoms with E-state index in [4.69, 9.17) is 10.5 Å². The zero-order chi connectivity index (χ0) is 13.1. The lowest BCUT2D eigenvalue weighted by Gasteiger charge is -2.21. The van der Waals surface area contributed by atoms with Crippen LogP contribution in [0.15, 0.2) is 22.7 Å². The highest BCUT2D eigenvalue weighted by molar-refractivity contribution is 9.10. The number of nitrogens with two attached hydrogens (primary N) is 1. The van der Waals surface area contributed by atoms with E-state index in [0.717, 1.165) is 30.4 Å². The third-order valence-electron chi connectivity index (χ3n) is 3.04. The zero-order valence-corrected chi connectivity index (χ0v) is 11.9. The van der Waals surface area contributed by atoms with Crippen LogP contribution in [0.4, 0.5) is 5.69 Å². The number of benzene rings is 1. The molecule has 1 unspecified atom stereocenters. The molecule has 1 atom stereocenters. The van der Waals surface area contributed by atoms with E-state index < -0.39 is 6.10 Å². The SMILES string of the molecule is CC(Oc1ccc(Br)cc1N)C(=O)N1CCCC1. The fraction of sp³-hybridized carbons (Fsp3) is 0.462.